The minimum absolute atomic E-state index is 0.653. The normalized spacial score (nSPS) is 10.8. The van der Waals surface area contributed by atoms with Crippen LogP contribution in [0.25, 0.3) is 0 Å². The smallest absolute Gasteiger partial charge is 0.144 e. The molecular weight excluding hydrogens is 222 g/mol. The molecule has 1 rings (SSSR count). The van der Waals surface area contributed by atoms with Crippen LogP contribution in [0, 0.1) is 0 Å². The van der Waals surface area contributed by atoms with E-state index in [1.807, 2.05) is 6.07 Å². The highest BCUT2D eigenvalue weighted by Gasteiger charge is 2.01. The van der Waals surface area contributed by atoms with Gasteiger partial charge in [0.05, 0.1) is 0 Å². The van der Waals surface area contributed by atoms with Crippen molar-refractivity contribution < 1.29 is 0 Å². The predicted octanol–water partition coefficient (Wildman–Crippen LogP) is 1.20. The van der Waals surface area contributed by atoms with Gasteiger partial charge in [-0.2, -0.15) is 0 Å². The third-order valence-corrected chi connectivity index (χ3v) is 3.25. The van der Waals surface area contributed by atoms with Crippen molar-refractivity contribution in [1.82, 2.24) is 14.9 Å². The van der Waals surface area contributed by atoms with Crippen LogP contribution in [0.4, 0.5) is 5.82 Å². The Morgan fingerprint density at radius 1 is 1.38 bits per heavy atom. The van der Waals surface area contributed by atoms with Gasteiger partial charge in [0.25, 0.3) is 0 Å². The van der Waals surface area contributed by atoms with Gasteiger partial charge in [0.1, 0.15) is 17.2 Å². The first kappa shape index (κ1) is 13.2. The van der Waals surface area contributed by atoms with Crippen LogP contribution in [0.15, 0.2) is 17.4 Å². The lowest BCUT2D eigenvalue weighted by Gasteiger charge is -2.17. The molecular formula is C10H19N5S. The van der Waals surface area contributed by atoms with E-state index in [0.717, 1.165) is 30.4 Å². The zero-order chi connectivity index (χ0) is 11.8. The van der Waals surface area contributed by atoms with E-state index in [4.69, 9.17) is 5.84 Å². The Hall–Kier alpha value is -0.850. The summed E-state index contributed by atoms with van der Waals surface area (Å²) in [5.74, 6) is 6.96. The van der Waals surface area contributed by atoms with E-state index in [1.165, 1.54) is 6.33 Å². The molecule has 0 aliphatic heterocycles. The zero-order valence-corrected chi connectivity index (χ0v) is 10.6. The molecule has 0 fully saturated rings. The number of anilines is 1. The van der Waals surface area contributed by atoms with Gasteiger partial charge in [-0.25, -0.2) is 15.8 Å². The van der Waals surface area contributed by atoms with Gasteiger partial charge < -0.3 is 10.3 Å². The number of aromatic nitrogens is 2. The largest absolute Gasteiger partial charge is 0.308 e. The van der Waals surface area contributed by atoms with E-state index in [2.05, 4.69) is 34.1 Å². The Morgan fingerprint density at radius 2 is 2.12 bits per heavy atom. The fourth-order valence-electron chi connectivity index (χ4n) is 1.32. The molecule has 0 unspecified atom stereocenters. The van der Waals surface area contributed by atoms with Gasteiger partial charge in [-0.3, -0.25) is 0 Å². The van der Waals surface area contributed by atoms with Crippen molar-refractivity contribution >= 4 is 17.6 Å². The number of nitrogens with one attached hydrogen (secondary N) is 1. The van der Waals surface area contributed by atoms with Crippen molar-refractivity contribution in [2.24, 2.45) is 5.84 Å². The SMILES string of the molecule is CCN(CC)CCSc1cc(NN)ncn1. The predicted molar refractivity (Wildman–Crippen MR) is 68.4 cm³/mol. The number of nitrogens with zero attached hydrogens (tertiary/aromatic N) is 3. The Labute approximate surface area is 101 Å². The van der Waals surface area contributed by atoms with Crippen molar-refractivity contribution in [1.29, 1.82) is 0 Å². The molecule has 0 amide bonds. The molecule has 0 spiro atoms. The maximum absolute atomic E-state index is 5.28. The molecule has 16 heavy (non-hydrogen) atoms. The molecule has 0 aliphatic rings. The van der Waals surface area contributed by atoms with Crippen LogP contribution in [0.1, 0.15) is 13.8 Å². The van der Waals surface area contributed by atoms with E-state index in [9.17, 15) is 0 Å². The first-order valence-corrected chi connectivity index (χ1v) is 6.42. The fraction of sp³-hybridized carbons (Fsp3) is 0.600. The molecule has 6 heteroatoms. The Balaban J connectivity index is 2.36. The second-order valence-electron chi connectivity index (χ2n) is 3.26. The number of hydrazine groups is 1. The Bertz CT molecular complexity index is 303. The zero-order valence-electron chi connectivity index (χ0n) is 9.81. The van der Waals surface area contributed by atoms with E-state index in [0.29, 0.717) is 5.82 Å². The lowest BCUT2D eigenvalue weighted by Crippen LogP contribution is -2.25. The molecule has 0 atom stereocenters. The molecule has 90 valence electrons. The molecule has 1 heterocycles. The van der Waals surface area contributed by atoms with Crippen molar-refractivity contribution in [2.75, 3.05) is 30.8 Å². The number of hydrogen-bond donors (Lipinski definition) is 2. The lowest BCUT2D eigenvalue weighted by atomic mass is 10.5. The van der Waals surface area contributed by atoms with Crippen LogP contribution in [-0.4, -0.2) is 40.3 Å². The van der Waals surface area contributed by atoms with Crippen molar-refractivity contribution in [2.45, 2.75) is 18.9 Å². The minimum atomic E-state index is 0.653. The Morgan fingerprint density at radius 3 is 2.75 bits per heavy atom. The average molecular weight is 241 g/mol. The second kappa shape index (κ2) is 7.43. The molecule has 1 aromatic heterocycles. The molecule has 1 aromatic rings. The Kier molecular flexibility index (Phi) is 6.14. The maximum Gasteiger partial charge on any atom is 0.144 e. The summed E-state index contributed by atoms with van der Waals surface area (Å²) in [7, 11) is 0. The van der Waals surface area contributed by atoms with Gasteiger partial charge in [0.2, 0.25) is 0 Å². The number of hydrogen-bond acceptors (Lipinski definition) is 6. The third-order valence-electron chi connectivity index (χ3n) is 2.34. The van der Waals surface area contributed by atoms with Crippen LogP contribution < -0.4 is 11.3 Å². The molecule has 5 nitrogen and oxygen atoms in total. The monoisotopic (exact) mass is 241 g/mol. The summed E-state index contributed by atoms with van der Waals surface area (Å²) in [6, 6.07) is 1.85. The summed E-state index contributed by atoms with van der Waals surface area (Å²) >= 11 is 1.72. The number of rotatable bonds is 7. The summed E-state index contributed by atoms with van der Waals surface area (Å²) in [6.45, 7) is 7.62. The highest BCUT2D eigenvalue weighted by Crippen LogP contribution is 2.16. The lowest BCUT2D eigenvalue weighted by molar-refractivity contribution is 0.324. The van der Waals surface area contributed by atoms with E-state index in [-0.39, 0.29) is 0 Å². The van der Waals surface area contributed by atoms with E-state index in [1.54, 1.807) is 11.8 Å². The first-order valence-electron chi connectivity index (χ1n) is 5.44. The third kappa shape index (κ3) is 4.34. The van der Waals surface area contributed by atoms with Crippen LogP contribution in [0.5, 0.6) is 0 Å². The topological polar surface area (TPSA) is 67.1 Å². The van der Waals surface area contributed by atoms with Gasteiger partial charge in [0, 0.05) is 18.4 Å². The summed E-state index contributed by atoms with van der Waals surface area (Å²) in [5, 5.41) is 0.954. The van der Waals surface area contributed by atoms with Crippen LogP contribution in [0.2, 0.25) is 0 Å². The van der Waals surface area contributed by atoms with Crippen LogP contribution in [-0.2, 0) is 0 Å². The second-order valence-corrected chi connectivity index (χ2v) is 4.38. The molecule has 0 aromatic carbocycles. The van der Waals surface area contributed by atoms with Gasteiger partial charge in [0.15, 0.2) is 0 Å². The number of thioether (sulfide) groups is 1. The molecule has 0 saturated heterocycles. The highest BCUT2D eigenvalue weighted by atomic mass is 32.2. The molecule has 3 N–H and O–H groups in total. The summed E-state index contributed by atoms with van der Waals surface area (Å²) in [5.41, 5.74) is 2.51. The van der Waals surface area contributed by atoms with E-state index < -0.39 is 0 Å². The summed E-state index contributed by atoms with van der Waals surface area (Å²) < 4.78 is 0. The molecule has 0 radical (unpaired) electrons. The fourth-order valence-corrected chi connectivity index (χ4v) is 2.19. The number of nitrogen functional groups attached to an aromatic ring is 1. The van der Waals surface area contributed by atoms with Crippen molar-refractivity contribution in [3.63, 3.8) is 0 Å². The van der Waals surface area contributed by atoms with Gasteiger partial charge in [-0.05, 0) is 13.1 Å². The van der Waals surface area contributed by atoms with Crippen LogP contribution >= 0.6 is 11.8 Å². The number of nitrogens with two attached hydrogens (primary N) is 1. The standard InChI is InChI=1S/C10H19N5S/c1-3-15(4-2)5-6-16-10-7-9(14-11)12-8-13-10/h7-8H,3-6,11H2,1-2H3,(H,12,13,14). The van der Waals surface area contributed by atoms with Crippen molar-refractivity contribution in [3.05, 3.63) is 12.4 Å². The summed E-state index contributed by atoms with van der Waals surface area (Å²) in [4.78, 5) is 10.5. The van der Waals surface area contributed by atoms with E-state index >= 15 is 0 Å². The quantitative estimate of drug-likeness (QED) is 0.323. The molecule has 0 saturated carbocycles. The van der Waals surface area contributed by atoms with Gasteiger partial charge >= 0.3 is 0 Å². The first-order chi connectivity index (χ1) is 7.80. The molecule has 0 bridgehead atoms. The average Bonchev–Trinajstić information content (AvgIpc) is 2.35. The van der Waals surface area contributed by atoms with Crippen molar-refractivity contribution in [3.8, 4) is 0 Å². The van der Waals surface area contributed by atoms with Crippen LogP contribution in [0.3, 0.4) is 0 Å². The maximum atomic E-state index is 5.28. The highest BCUT2D eigenvalue weighted by molar-refractivity contribution is 7.99. The summed E-state index contributed by atoms with van der Waals surface area (Å²) in [6.07, 6.45) is 1.52. The molecule has 0 aliphatic carbocycles. The van der Waals surface area contributed by atoms with Gasteiger partial charge in [-0.1, -0.05) is 13.8 Å². The van der Waals surface area contributed by atoms with Gasteiger partial charge in [-0.15, -0.1) is 11.8 Å². The minimum Gasteiger partial charge on any atom is -0.308 e.